The number of carbonyl (C=O) groups is 1. The molecule has 2 aromatic carbocycles. The van der Waals surface area contributed by atoms with E-state index in [9.17, 15) is 9.18 Å². The van der Waals surface area contributed by atoms with Gasteiger partial charge in [-0.05, 0) is 24.3 Å². The zero-order valence-corrected chi connectivity index (χ0v) is 11.7. The highest BCUT2D eigenvalue weighted by Gasteiger charge is 2.18. The standard InChI is InChI=1S/C14H11BrFNO2/c1-17-14(18)13-11(16)7-9(15)8-12(13)19-10-5-3-2-4-6-10/h2-8H,1H3,(H,17,18). The maximum absolute atomic E-state index is 13.9. The second kappa shape index (κ2) is 5.84. The summed E-state index contributed by atoms with van der Waals surface area (Å²) in [4.78, 5) is 11.7. The second-order valence-electron chi connectivity index (χ2n) is 3.75. The van der Waals surface area contributed by atoms with Crippen LogP contribution in [0.4, 0.5) is 4.39 Å². The molecule has 0 bridgehead atoms. The van der Waals surface area contributed by atoms with E-state index in [1.807, 2.05) is 6.07 Å². The smallest absolute Gasteiger partial charge is 0.257 e. The second-order valence-corrected chi connectivity index (χ2v) is 4.67. The van der Waals surface area contributed by atoms with Gasteiger partial charge in [-0.15, -0.1) is 0 Å². The minimum Gasteiger partial charge on any atom is -0.456 e. The SMILES string of the molecule is CNC(=O)c1c(F)cc(Br)cc1Oc1ccccc1. The van der Waals surface area contributed by atoms with Crippen molar-refractivity contribution in [3.8, 4) is 11.5 Å². The molecular weight excluding hydrogens is 313 g/mol. The summed E-state index contributed by atoms with van der Waals surface area (Å²) in [5.41, 5.74) is -0.116. The van der Waals surface area contributed by atoms with Crippen molar-refractivity contribution < 1.29 is 13.9 Å². The van der Waals surface area contributed by atoms with Crippen molar-refractivity contribution in [2.75, 3.05) is 7.05 Å². The van der Waals surface area contributed by atoms with Crippen molar-refractivity contribution in [3.63, 3.8) is 0 Å². The Morgan fingerprint density at radius 1 is 1.26 bits per heavy atom. The van der Waals surface area contributed by atoms with Crippen molar-refractivity contribution in [2.24, 2.45) is 0 Å². The highest BCUT2D eigenvalue weighted by Crippen LogP contribution is 2.30. The van der Waals surface area contributed by atoms with Crippen LogP contribution in [0.25, 0.3) is 0 Å². The lowest BCUT2D eigenvalue weighted by Gasteiger charge is -2.11. The molecule has 3 nitrogen and oxygen atoms in total. The summed E-state index contributed by atoms with van der Waals surface area (Å²) in [6, 6.07) is 11.7. The van der Waals surface area contributed by atoms with E-state index < -0.39 is 11.7 Å². The Labute approximate surface area is 118 Å². The minimum absolute atomic E-state index is 0.116. The zero-order chi connectivity index (χ0) is 13.8. The molecule has 0 spiro atoms. The highest BCUT2D eigenvalue weighted by atomic mass is 79.9. The first-order valence-corrected chi connectivity index (χ1v) is 6.35. The summed E-state index contributed by atoms with van der Waals surface area (Å²) in [6.45, 7) is 0. The molecule has 0 aliphatic heterocycles. The van der Waals surface area contributed by atoms with Gasteiger partial charge in [-0.1, -0.05) is 34.1 Å². The van der Waals surface area contributed by atoms with E-state index >= 15 is 0 Å². The van der Waals surface area contributed by atoms with Crippen LogP contribution in [0.1, 0.15) is 10.4 Å². The van der Waals surface area contributed by atoms with E-state index in [0.29, 0.717) is 10.2 Å². The van der Waals surface area contributed by atoms with Gasteiger partial charge in [0, 0.05) is 11.5 Å². The van der Waals surface area contributed by atoms with Gasteiger partial charge in [-0.25, -0.2) is 4.39 Å². The maximum Gasteiger partial charge on any atom is 0.257 e. The molecule has 19 heavy (non-hydrogen) atoms. The van der Waals surface area contributed by atoms with Crippen LogP contribution in [0.5, 0.6) is 11.5 Å². The number of para-hydroxylation sites is 1. The fraction of sp³-hybridized carbons (Fsp3) is 0.0714. The Hall–Kier alpha value is -1.88. The Morgan fingerprint density at radius 3 is 2.58 bits per heavy atom. The van der Waals surface area contributed by atoms with Crippen LogP contribution in [0.15, 0.2) is 46.9 Å². The predicted molar refractivity (Wildman–Crippen MR) is 74.0 cm³/mol. The van der Waals surface area contributed by atoms with Crippen molar-refractivity contribution in [3.05, 3.63) is 58.3 Å². The van der Waals surface area contributed by atoms with Gasteiger partial charge in [0.15, 0.2) is 0 Å². The van der Waals surface area contributed by atoms with Crippen LogP contribution >= 0.6 is 15.9 Å². The van der Waals surface area contributed by atoms with Gasteiger partial charge >= 0.3 is 0 Å². The van der Waals surface area contributed by atoms with Crippen molar-refractivity contribution in [1.82, 2.24) is 5.32 Å². The molecule has 0 atom stereocenters. The van der Waals surface area contributed by atoms with Gasteiger partial charge in [0.2, 0.25) is 0 Å². The van der Waals surface area contributed by atoms with E-state index in [-0.39, 0.29) is 11.3 Å². The minimum atomic E-state index is -0.639. The fourth-order valence-electron chi connectivity index (χ4n) is 1.59. The van der Waals surface area contributed by atoms with E-state index in [0.717, 1.165) is 0 Å². The monoisotopic (exact) mass is 323 g/mol. The summed E-state index contributed by atoms with van der Waals surface area (Å²) < 4.78 is 19.9. The Morgan fingerprint density at radius 2 is 1.95 bits per heavy atom. The van der Waals surface area contributed by atoms with E-state index in [1.165, 1.54) is 13.1 Å². The van der Waals surface area contributed by atoms with Crippen molar-refractivity contribution >= 4 is 21.8 Å². The molecule has 5 heteroatoms. The summed E-state index contributed by atoms with van der Waals surface area (Å²) in [5, 5.41) is 2.39. The van der Waals surface area contributed by atoms with E-state index in [4.69, 9.17) is 4.74 Å². The number of nitrogens with one attached hydrogen (secondary N) is 1. The number of halogens is 2. The number of hydrogen-bond donors (Lipinski definition) is 1. The molecule has 98 valence electrons. The van der Waals surface area contributed by atoms with Gasteiger partial charge in [-0.2, -0.15) is 0 Å². The maximum atomic E-state index is 13.9. The summed E-state index contributed by atoms with van der Waals surface area (Å²) in [5.74, 6) is -0.474. The Bertz CT molecular complexity index is 602. The molecule has 1 N–H and O–H groups in total. The average molecular weight is 324 g/mol. The van der Waals surface area contributed by atoms with Gasteiger partial charge < -0.3 is 10.1 Å². The predicted octanol–water partition coefficient (Wildman–Crippen LogP) is 3.74. The van der Waals surface area contributed by atoms with Gasteiger partial charge in [0.05, 0.1) is 0 Å². The summed E-state index contributed by atoms with van der Waals surface area (Å²) in [6.07, 6.45) is 0. The number of amides is 1. The van der Waals surface area contributed by atoms with Crippen LogP contribution in [0.3, 0.4) is 0 Å². The van der Waals surface area contributed by atoms with Crippen LogP contribution in [-0.4, -0.2) is 13.0 Å². The number of benzene rings is 2. The number of ether oxygens (including phenoxy) is 1. The molecule has 0 saturated heterocycles. The first kappa shape index (κ1) is 13.5. The molecule has 0 aliphatic rings. The first-order valence-electron chi connectivity index (χ1n) is 5.56. The van der Waals surface area contributed by atoms with Gasteiger partial charge in [-0.3, -0.25) is 4.79 Å². The average Bonchev–Trinajstić information content (AvgIpc) is 2.38. The third-order valence-corrected chi connectivity index (χ3v) is 2.90. The van der Waals surface area contributed by atoms with Crippen molar-refractivity contribution in [1.29, 1.82) is 0 Å². The zero-order valence-electron chi connectivity index (χ0n) is 10.1. The molecular formula is C14H11BrFNO2. The number of rotatable bonds is 3. The van der Waals surface area contributed by atoms with Crippen molar-refractivity contribution in [2.45, 2.75) is 0 Å². The lowest BCUT2D eigenvalue weighted by molar-refractivity contribution is 0.0956. The van der Waals surface area contributed by atoms with E-state index in [1.54, 1.807) is 30.3 Å². The third kappa shape index (κ3) is 3.12. The van der Waals surface area contributed by atoms with Crippen LogP contribution in [0, 0.1) is 5.82 Å². The van der Waals surface area contributed by atoms with Crippen LogP contribution in [-0.2, 0) is 0 Å². The third-order valence-electron chi connectivity index (χ3n) is 2.44. The topological polar surface area (TPSA) is 38.3 Å². The molecule has 2 aromatic rings. The Balaban J connectivity index is 2.46. The molecule has 0 radical (unpaired) electrons. The molecule has 0 unspecified atom stereocenters. The van der Waals surface area contributed by atoms with Crippen LogP contribution in [0.2, 0.25) is 0 Å². The largest absolute Gasteiger partial charge is 0.456 e. The normalized spacial score (nSPS) is 10.1. The molecule has 0 heterocycles. The first-order chi connectivity index (χ1) is 9.11. The quantitative estimate of drug-likeness (QED) is 0.934. The highest BCUT2D eigenvalue weighted by molar-refractivity contribution is 9.10. The Kier molecular flexibility index (Phi) is 4.16. The molecule has 2 rings (SSSR count). The lowest BCUT2D eigenvalue weighted by atomic mass is 10.1. The molecule has 0 aromatic heterocycles. The van der Waals surface area contributed by atoms with Gasteiger partial charge in [0.25, 0.3) is 5.91 Å². The molecule has 0 fully saturated rings. The number of carbonyl (C=O) groups excluding carboxylic acids is 1. The summed E-state index contributed by atoms with van der Waals surface area (Å²) >= 11 is 3.18. The summed E-state index contributed by atoms with van der Waals surface area (Å²) in [7, 11) is 1.44. The fourth-order valence-corrected chi connectivity index (χ4v) is 2.00. The molecule has 1 amide bonds. The lowest BCUT2D eigenvalue weighted by Crippen LogP contribution is -2.20. The van der Waals surface area contributed by atoms with Crippen LogP contribution < -0.4 is 10.1 Å². The number of hydrogen-bond acceptors (Lipinski definition) is 2. The molecule has 0 saturated carbocycles. The molecule has 0 aliphatic carbocycles. The van der Waals surface area contributed by atoms with E-state index in [2.05, 4.69) is 21.2 Å². The van der Waals surface area contributed by atoms with Gasteiger partial charge in [0.1, 0.15) is 22.9 Å².